The molecule has 0 aliphatic rings. The van der Waals surface area contributed by atoms with Crippen LogP contribution >= 0.6 is 15.9 Å². The van der Waals surface area contributed by atoms with Gasteiger partial charge in [-0.3, -0.25) is 4.68 Å². The van der Waals surface area contributed by atoms with E-state index in [1.54, 1.807) is 16.9 Å². The number of nitrogens with zero attached hydrogens (tertiary/aromatic N) is 2. The summed E-state index contributed by atoms with van der Waals surface area (Å²) in [5.41, 5.74) is 1.14. The number of aromatic nitrogens is 2. The lowest BCUT2D eigenvalue weighted by Crippen LogP contribution is -2.18. The summed E-state index contributed by atoms with van der Waals surface area (Å²) in [6.07, 6.45) is -1.24. The van der Waals surface area contributed by atoms with E-state index in [4.69, 9.17) is 0 Å². The molecule has 0 aliphatic heterocycles. The smallest absolute Gasteiger partial charge is 0.404 e. The van der Waals surface area contributed by atoms with Crippen molar-refractivity contribution in [2.45, 2.75) is 26.4 Å². The van der Waals surface area contributed by atoms with Crippen LogP contribution in [0.5, 0.6) is 5.75 Å². The fourth-order valence-corrected chi connectivity index (χ4v) is 2.06. The summed E-state index contributed by atoms with van der Waals surface area (Å²) in [5.74, 6) is -0.278. The van der Waals surface area contributed by atoms with Crippen LogP contribution in [0.1, 0.15) is 12.5 Å². The topological polar surface area (TPSA) is 39.1 Å². The number of anilines is 1. The SMILES string of the molecule is CCn1cc(CNc2ccc(Br)cc2OC(F)(F)F)cn1. The molecular weight excluding hydrogens is 351 g/mol. The Balaban J connectivity index is 2.11. The van der Waals surface area contributed by atoms with E-state index in [0.29, 0.717) is 11.0 Å². The van der Waals surface area contributed by atoms with E-state index in [-0.39, 0.29) is 11.4 Å². The van der Waals surface area contributed by atoms with Crippen molar-refractivity contribution in [3.8, 4) is 5.75 Å². The molecule has 8 heteroatoms. The van der Waals surface area contributed by atoms with Gasteiger partial charge in [0, 0.05) is 29.3 Å². The fourth-order valence-electron chi connectivity index (χ4n) is 1.72. The Morgan fingerprint density at radius 2 is 2.14 bits per heavy atom. The zero-order valence-corrected chi connectivity index (χ0v) is 12.7. The van der Waals surface area contributed by atoms with Crippen molar-refractivity contribution >= 4 is 21.6 Å². The molecule has 0 saturated carbocycles. The largest absolute Gasteiger partial charge is 0.573 e. The first-order valence-corrected chi connectivity index (χ1v) is 6.97. The molecule has 0 unspecified atom stereocenters. The molecule has 114 valence electrons. The van der Waals surface area contributed by atoms with Gasteiger partial charge in [-0.15, -0.1) is 13.2 Å². The van der Waals surface area contributed by atoms with Gasteiger partial charge in [-0.2, -0.15) is 5.10 Å². The van der Waals surface area contributed by atoms with Gasteiger partial charge in [0.15, 0.2) is 5.75 Å². The Hall–Kier alpha value is -1.70. The van der Waals surface area contributed by atoms with Gasteiger partial charge in [0.1, 0.15) is 0 Å². The first-order chi connectivity index (χ1) is 9.87. The fraction of sp³-hybridized carbons (Fsp3) is 0.308. The van der Waals surface area contributed by atoms with Gasteiger partial charge in [-0.1, -0.05) is 15.9 Å². The van der Waals surface area contributed by atoms with Crippen molar-refractivity contribution in [3.63, 3.8) is 0 Å². The maximum Gasteiger partial charge on any atom is 0.573 e. The molecule has 0 aliphatic carbocycles. The Kier molecular flexibility index (Phi) is 4.76. The summed E-state index contributed by atoms with van der Waals surface area (Å²) in [7, 11) is 0. The molecule has 0 saturated heterocycles. The standard InChI is InChI=1S/C13H13BrF3N3O/c1-2-20-8-9(7-19-20)6-18-11-4-3-10(14)5-12(11)21-13(15,16)17/h3-5,7-8,18H,2,6H2,1H3. The first-order valence-electron chi connectivity index (χ1n) is 6.18. The molecule has 1 aromatic heterocycles. The summed E-state index contributed by atoms with van der Waals surface area (Å²) in [6.45, 7) is 3.05. The second kappa shape index (κ2) is 6.38. The zero-order valence-electron chi connectivity index (χ0n) is 11.1. The molecule has 2 rings (SSSR count). The number of ether oxygens (including phenoxy) is 1. The Labute approximate surface area is 128 Å². The molecular formula is C13H13BrF3N3O. The molecule has 4 nitrogen and oxygen atoms in total. The lowest BCUT2D eigenvalue weighted by Gasteiger charge is -2.14. The summed E-state index contributed by atoms with van der Waals surface area (Å²) in [5, 5.41) is 7.02. The number of halogens is 4. The Morgan fingerprint density at radius 3 is 2.76 bits per heavy atom. The normalized spacial score (nSPS) is 11.5. The van der Waals surface area contributed by atoms with Crippen LogP contribution in [0.15, 0.2) is 35.1 Å². The number of alkyl halides is 3. The third-order valence-corrected chi connectivity index (χ3v) is 3.16. The predicted molar refractivity (Wildman–Crippen MR) is 76.1 cm³/mol. The monoisotopic (exact) mass is 363 g/mol. The maximum atomic E-state index is 12.4. The van der Waals surface area contributed by atoms with Crippen LogP contribution in [0, 0.1) is 0 Å². The highest BCUT2D eigenvalue weighted by atomic mass is 79.9. The molecule has 1 heterocycles. The predicted octanol–water partition coefficient (Wildman–Crippen LogP) is 4.18. The third kappa shape index (κ3) is 4.66. The summed E-state index contributed by atoms with van der Waals surface area (Å²) >= 11 is 3.12. The molecule has 2 aromatic rings. The number of rotatable bonds is 5. The molecule has 0 radical (unpaired) electrons. The molecule has 0 fully saturated rings. The van der Waals surface area contributed by atoms with Gasteiger partial charge >= 0.3 is 6.36 Å². The van der Waals surface area contributed by atoms with E-state index < -0.39 is 6.36 Å². The van der Waals surface area contributed by atoms with Crippen LogP contribution in [0.4, 0.5) is 18.9 Å². The van der Waals surface area contributed by atoms with Crippen LogP contribution in [0.2, 0.25) is 0 Å². The molecule has 21 heavy (non-hydrogen) atoms. The van der Waals surface area contributed by atoms with Gasteiger partial charge in [-0.25, -0.2) is 0 Å². The van der Waals surface area contributed by atoms with Gasteiger partial charge in [-0.05, 0) is 25.1 Å². The van der Waals surface area contributed by atoms with E-state index in [2.05, 4.69) is 31.1 Å². The minimum Gasteiger partial charge on any atom is -0.404 e. The van der Waals surface area contributed by atoms with Crippen LogP contribution < -0.4 is 10.1 Å². The number of hydrogen-bond acceptors (Lipinski definition) is 3. The lowest BCUT2D eigenvalue weighted by atomic mass is 10.2. The third-order valence-electron chi connectivity index (χ3n) is 2.66. The van der Waals surface area contributed by atoms with Crippen molar-refractivity contribution < 1.29 is 17.9 Å². The number of aryl methyl sites for hydroxylation is 1. The van der Waals surface area contributed by atoms with Crippen LogP contribution in [0.3, 0.4) is 0 Å². The average molecular weight is 364 g/mol. The van der Waals surface area contributed by atoms with E-state index in [1.165, 1.54) is 12.1 Å². The number of hydrogen-bond donors (Lipinski definition) is 1. The maximum absolute atomic E-state index is 12.4. The second-order valence-corrected chi connectivity index (χ2v) is 5.16. The zero-order chi connectivity index (χ0) is 15.5. The molecule has 0 amide bonds. The van der Waals surface area contributed by atoms with Crippen molar-refractivity contribution in [2.75, 3.05) is 5.32 Å². The summed E-state index contributed by atoms with van der Waals surface area (Å²) in [4.78, 5) is 0. The summed E-state index contributed by atoms with van der Waals surface area (Å²) < 4.78 is 43.4. The highest BCUT2D eigenvalue weighted by Gasteiger charge is 2.32. The number of benzene rings is 1. The Morgan fingerprint density at radius 1 is 1.38 bits per heavy atom. The van der Waals surface area contributed by atoms with E-state index in [0.717, 1.165) is 12.1 Å². The van der Waals surface area contributed by atoms with E-state index in [1.807, 2.05) is 13.1 Å². The molecule has 0 atom stereocenters. The van der Waals surface area contributed by atoms with Gasteiger partial charge < -0.3 is 10.1 Å². The highest BCUT2D eigenvalue weighted by Crippen LogP contribution is 2.33. The Bertz CT molecular complexity index is 613. The van der Waals surface area contributed by atoms with E-state index >= 15 is 0 Å². The van der Waals surface area contributed by atoms with Crippen LogP contribution in [-0.4, -0.2) is 16.1 Å². The van der Waals surface area contributed by atoms with E-state index in [9.17, 15) is 13.2 Å². The van der Waals surface area contributed by atoms with Gasteiger partial charge in [0.2, 0.25) is 0 Å². The summed E-state index contributed by atoms with van der Waals surface area (Å²) in [6, 6.07) is 4.43. The molecule has 1 N–H and O–H groups in total. The minimum absolute atomic E-state index is 0.264. The highest BCUT2D eigenvalue weighted by molar-refractivity contribution is 9.10. The average Bonchev–Trinajstić information content (AvgIpc) is 2.84. The number of nitrogens with one attached hydrogen (secondary N) is 1. The van der Waals surface area contributed by atoms with Crippen LogP contribution in [-0.2, 0) is 13.1 Å². The minimum atomic E-state index is -4.73. The van der Waals surface area contributed by atoms with Crippen molar-refractivity contribution in [2.24, 2.45) is 0 Å². The van der Waals surface area contributed by atoms with Crippen LogP contribution in [0.25, 0.3) is 0 Å². The quantitative estimate of drug-likeness (QED) is 0.866. The van der Waals surface area contributed by atoms with Crippen molar-refractivity contribution in [1.29, 1.82) is 0 Å². The molecule has 1 aromatic carbocycles. The molecule has 0 bridgehead atoms. The van der Waals surface area contributed by atoms with Gasteiger partial charge in [0.25, 0.3) is 0 Å². The van der Waals surface area contributed by atoms with Gasteiger partial charge in [0.05, 0.1) is 11.9 Å². The molecule has 0 spiro atoms. The second-order valence-electron chi connectivity index (χ2n) is 4.25. The first kappa shape index (κ1) is 15.7. The van der Waals surface area contributed by atoms with Crippen molar-refractivity contribution in [3.05, 3.63) is 40.6 Å². The lowest BCUT2D eigenvalue weighted by molar-refractivity contribution is -0.274. The van der Waals surface area contributed by atoms with Crippen molar-refractivity contribution in [1.82, 2.24) is 9.78 Å².